The van der Waals surface area contributed by atoms with Gasteiger partial charge in [0, 0.05) is 66.8 Å². The predicted molar refractivity (Wildman–Crippen MR) is 146 cm³/mol. The summed E-state index contributed by atoms with van der Waals surface area (Å²) in [6.45, 7) is 5.99. The predicted octanol–water partition coefficient (Wildman–Crippen LogP) is 4.12. The van der Waals surface area contributed by atoms with Crippen LogP contribution in [0, 0.1) is 0 Å². The third-order valence-electron chi connectivity index (χ3n) is 6.38. The number of nitrogens with zero attached hydrogens (tertiary/aromatic N) is 5. The number of benzene rings is 2. The second-order valence-electron chi connectivity index (χ2n) is 8.93. The number of rotatable bonds is 6. The Morgan fingerprint density at radius 3 is 2.53 bits per heavy atom. The second-order valence-corrected chi connectivity index (χ2v) is 8.93. The largest absolute Gasteiger partial charge is 0.383 e. The first kappa shape index (κ1) is 23.5. The van der Waals surface area contributed by atoms with Gasteiger partial charge in [-0.3, -0.25) is 9.78 Å². The third-order valence-corrected chi connectivity index (χ3v) is 6.38. The van der Waals surface area contributed by atoms with Gasteiger partial charge in [0.2, 0.25) is 11.9 Å². The quantitative estimate of drug-likeness (QED) is 0.376. The average Bonchev–Trinajstić information content (AvgIpc) is 2.89. The van der Waals surface area contributed by atoms with Gasteiger partial charge >= 0.3 is 0 Å². The molecule has 3 heterocycles. The Kier molecular flexibility index (Phi) is 6.64. The summed E-state index contributed by atoms with van der Waals surface area (Å²) in [6, 6.07) is 17.7. The van der Waals surface area contributed by atoms with Crippen LogP contribution in [0.5, 0.6) is 0 Å². The molecule has 1 amide bonds. The second kappa shape index (κ2) is 10.2. The van der Waals surface area contributed by atoms with Crippen LogP contribution in [-0.2, 0) is 4.79 Å². The van der Waals surface area contributed by atoms with Gasteiger partial charge in [-0.25, -0.2) is 4.98 Å². The van der Waals surface area contributed by atoms with E-state index in [4.69, 9.17) is 10.7 Å². The Morgan fingerprint density at radius 2 is 1.78 bits per heavy atom. The molecule has 0 bridgehead atoms. The molecule has 184 valence electrons. The van der Waals surface area contributed by atoms with Crippen molar-refractivity contribution in [2.75, 3.05) is 54.5 Å². The normalized spacial score (nSPS) is 14.1. The smallest absolute Gasteiger partial charge is 0.229 e. The SMILES string of the molecule is CCC(=O)Nc1cccc(-c2nccc3c(N)nc(Nc4ccc(N5CCN(C)CC5)cc4)nc23)c1. The van der Waals surface area contributed by atoms with Crippen molar-refractivity contribution in [1.29, 1.82) is 0 Å². The number of carbonyl (C=O) groups excluding carboxylic acids is 1. The molecule has 9 heteroatoms. The minimum absolute atomic E-state index is 0.0465. The van der Waals surface area contributed by atoms with E-state index in [0.717, 1.165) is 42.8 Å². The fourth-order valence-corrected chi connectivity index (χ4v) is 4.29. The van der Waals surface area contributed by atoms with Gasteiger partial charge in [-0.05, 0) is 49.5 Å². The number of aromatic nitrogens is 3. The molecule has 4 N–H and O–H groups in total. The van der Waals surface area contributed by atoms with Crippen LogP contribution in [0.2, 0.25) is 0 Å². The molecule has 1 aliphatic rings. The summed E-state index contributed by atoms with van der Waals surface area (Å²) in [5.74, 6) is 0.724. The summed E-state index contributed by atoms with van der Waals surface area (Å²) >= 11 is 0. The number of carbonyl (C=O) groups is 1. The summed E-state index contributed by atoms with van der Waals surface area (Å²) in [5, 5.41) is 6.90. The number of anilines is 5. The lowest BCUT2D eigenvalue weighted by atomic mass is 10.1. The highest BCUT2D eigenvalue weighted by Gasteiger charge is 2.15. The molecule has 0 saturated carbocycles. The summed E-state index contributed by atoms with van der Waals surface area (Å²) < 4.78 is 0. The van der Waals surface area contributed by atoms with E-state index in [0.29, 0.717) is 35.1 Å². The van der Waals surface area contributed by atoms with Crippen LogP contribution in [0.25, 0.3) is 22.2 Å². The van der Waals surface area contributed by atoms with Gasteiger partial charge in [-0.2, -0.15) is 4.98 Å². The molecule has 9 nitrogen and oxygen atoms in total. The molecular formula is C27H30N8O. The number of piperazine rings is 1. The Labute approximate surface area is 210 Å². The zero-order chi connectivity index (χ0) is 25.1. The van der Waals surface area contributed by atoms with E-state index >= 15 is 0 Å². The standard InChI is InChI=1S/C27H30N8O/c1-3-23(36)30-20-6-4-5-18(17-20)24-25-22(11-12-29-24)26(28)33-27(32-25)31-19-7-9-21(10-8-19)35-15-13-34(2)14-16-35/h4-12,17H,3,13-16H2,1-2H3,(H,30,36)(H3,28,31,32,33). The van der Waals surface area contributed by atoms with Crippen LogP contribution < -0.4 is 21.3 Å². The molecule has 1 aliphatic heterocycles. The van der Waals surface area contributed by atoms with Crippen molar-refractivity contribution in [2.45, 2.75) is 13.3 Å². The van der Waals surface area contributed by atoms with Crippen molar-refractivity contribution >= 4 is 45.6 Å². The monoisotopic (exact) mass is 482 g/mol. The number of hydrogen-bond acceptors (Lipinski definition) is 8. The minimum atomic E-state index is -0.0465. The van der Waals surface area contributed by atoms with Crippen LogP contribution in [-0.4, -0.2) is 59.0 Å². The van der Waals surface area contributed by atoms with Gasteiger partial charge in [0.25, 0.3) is 0 Å². The first-order valence-corrected chi connectivity index (χ1v) is 12.1. The van der Waals surface area contributed by atoms with Crippen molar-refractivity contribution < 1.29 is 4.79 Å². The number of hydrogen-bond donors (Lipinski definition) is 3. The lowest BCUT2D eigenvalue weighted by Gasteiger charge is -2.34. The van der Waals surface area contributed by atoms with Gasteiger partial charge in [-0.1, -0.05) is 19.1 Å². The highest BCUT2D eigenvalue weighted by atomic mass is 16.1. The maximum Gasteiger partial charge on any atom is 0.229 e. The molecule has 0 aliphatic carbocycles. The molecule has 0 radical (unpaired) electrons. The van der Waals surface area contributed by atoms with E-state index in [1.807, 2.05) is 49.4 Å². The maximum atomic E-state index is 11.9. The van der Waals surface area contributed by atoms with Crippen LogP contribution in [0.15, 0.2) is 60.8 Å². The molecule has 0 spiro atoms. The van der Waals surface area contributed by atoms with E-state index in [1.165, 1.54) is 5.69 Å². The van der Waals surface area contributed by atoms with Crippen LogP contribution in [0.4, 0.5) is 28.8 Å². The highest BCUT2D eigenvalue weighted by molar-refractivity contribution is 5.98. The van der Waals surface area contributed by atoms with Crippen molar-refractivity contribution in [1.82, 2.24) is 19.9 Å². The van der Waals surface area contributed by atoms with E-state index in [2.05, 4.69) is 49.6 Å². The van der Waals surface area contributed by atoms with Crippen LogP contribution in [0.1, 0.15) is 13.3 Å². The number of likely N-dealkylation sites (N-methyl/N-ethyl adjacent to an activating group) is 1. The molecule has 1 saturated heterocycles. The van der Waals surface area contributed by atoms with Gasteiger partial charge in [0.15, 0.2) is 0 Å². The fourth-order valence-electron chi connectivity index (χ4n) is 4.29. The summed E-state index contributed by atoms with van der Waals surface area (Å²) in [6.07, 6.45) is 2.10. The van der Waals surface area contributed by atoms with Gasteiger partial charge in [0.1, 0.15) is 11.3 Å². The summed E-state index contributed by atoms with van der Waals surface area (Å²) in [7, 11) is 2.15. The molecule has 4 aromatic rings. The van der Waals surface area contributed by atoms with Crippen molar-refractivity contribution in [3.8, 4) is 11.3 Å². The van der Waals surface area contributed by atoms with Crippen molar-refractivity contribution in [2.24, 2.45) is 0 Å². The molecule has 1 fully saturated rings. The molecule has 36 heavy (non-hydrogen) atoms. The van der Waals surface area contributed by atoms with Gasteiger partial charge < -0.3 is 26.2 Å². The highest BCUT2D eigenvalue weighted by Crippen LogP contribution is 2.31. The van der Waals surface area contributed by atoms with Crippen molar-refractivity contribution in [3.63, 3.8) is 0 Å². The van der Waals surface area contributed by atoms with Gasteiger partial charge in [0.05, 0.1) is 5.69 Å². The Morgan fingerprint density at radius 1 is 1.00 bits per heavy atom. The van der Waals surface area contributed by atoms with Crippen LogP contribution in [0.3, 0.4) is 0 Å². The fraction of sp³-hybridized carbons (Fsp3) is 0.259. The molecule has 2 aromatic heterocycles. The van der Waals surface area contributed by atoms with Crippen LogP contribution >= 0.6 is 0 Å². The first-order chi connectivity index (χ1) is 17.5. The van der Waals surface area contributed by atoms with E-state index < -0.39 is 0 Å². The van der Waals surface area contributed by atoms with Gasteiger partial charge in [-0.15, -0.1) is 0 Å². The Balaban J connectivity index is 1.42. The molecule has 0 unspecified atom stereocenters. The Hall–Kier alpha value is -4.24. The average molecular weight is 483 g/mol. The zero-order valence-corrected chi connectivity index (χ0v) is 20.5. The number of fused-ring (bicyclic) bond motifs is 1. The molecule has 2 aromatic carbocycles. The third kappa shape index (κ3) is 5.06. The van der Waals surface area contributed by atoms with E-state index in [1.54, 1.807) is 6.20 Å². The molecule has 5 rings (SSSR count). The lowest BCUT2D eigenvalue weighted by Crippen LogP contribution is -2.44. The topological polar surface area (TPSA) is 112 Å². The number of nitrogens with one attached hydrogen (secondary N) is 2. The number of pyridine rings is 1. The Bertz CT molecular complexity index is 1380. The maximum absolute atomic E-state index is 11.9. The summed E-state index contributed by atoms with van der Waals surface area (Å²) in [4.78, 5) is 30.4. The zero-order valence-electron chi connectivity index (χ0n) is 20.5. The van der Waals surface area contributed by atoms with E-state index in [9.17, 15) is 4.79 Å². The number of amides is 1. The van der Waals surface area contributed by atoms with E-state index in [-0.39, 0.29) is 5.91 Å². The lowest BCUT2D eigenvalue weighted by molar-refractivity contribution is -0.115. The van der Waals surface area contributed by atoms with Crippen molar-refractivity contribution in [3.05, 3.63) is 60.8 Å². The number of nitrogens with two attached hydrogens (primary N) is 1. The number of nitrogen functional groups attached to an aromatic ring is 1. The summed E-state index contributed by atoms with van der Waals surface area (Å²) in [5.41, 5.74) is 11.2. The minimum Gasteiger partial charge on any atom is -0.383 e. The first-order valence-electron chi connectivity index (χ1n) is 12.1. The molecule has 0 atom stereocenters. The molecular weight excluding hydrogens is 452 g/mol.